The third-order valence-corrected chi connectivity index (χ3v) is 5.55. The van der Waals surface area contributed by atoms with Crippen LogP contribution in [0, 0.1) is 25.5 Å². The van der Waals surface area contributed by atoms with Crippen LogP contribution in [0.3, 0.4) is 0 Å². The van der Waals surface area contributed by atoms with Gasteiger partial charge in [-0.3, -0.25) is 9.59 Å². The molecule has 0 aliphatic carbocycles. The van der Waals surface area contributed by atoms with Gasteiger partial charge in [0.05, 0.1) is 11.3 Å². The minimum Gasteiger partial charge on any atom is -0.378 e. The maximum absolute atomic E-state index is 13.9. The van der Waals surface area contributed by atoms with Crippen molar-refractivity contribution in [1.82, 2.24) is 0 Å². The molecule has 1 aliphatic rings. The second-order valence-corrected chi connectivity index (χ2v) is 8.18. The van der Waals surface area contributed by atoms with Gasteiger partial charge in [-0.2, -0.15) is 0 Å². The topological polar surface area (TPSA) is 52.7 Å². The van der Waals surface area contributed by atoms with Crippen LogP contribution in [0.1, 0.15) is 16.7 Å². The summed E-state index contributed by atoms with van der Waals surface area (Å²) in [5.74, 6) is -3.44. The van der Waals surface area contributed by atoms with Gasteiger partial charge < -0.3 is 10.2 Å². The summed E-state index contributed by atoms with van der Waals surface area (Å²) in [6.45, 7) is 3.79. The van der Waals surface area contributed by atoms with Crippen LogP contribution in [0.2, 0.25) is 0 Å². The summed E-state index contributed by atoms with van der Waals surface area (Å²) in [5, 5.41) is 3.08. The maximum Gasteiger partial charge on any atom is 0.282 e. The lowest BCUT2D eigenvalue weighted by Gasteiger charge is -2.16. The quantitative estimate of drug-likeness (QED) is 0.557. The average molecular weight is 447 g/mol. The largest absolute Gasteiger partial charge is 0.378 e. The fraction of sp³-hybridized carbons (Fsp3) is 0.154. The van der Waals surface area contributed by atoms with E-state index >= 15 is 0 Å². The Bertz CT molecular complexity index is 1300. The summed E-state index contributed by atoms with van der Waals surface area (Å²) < 4.78 is 27.4. The number of halogens is 2. The zero-order valence-corrected chi connectivity index (χ0v) is 18.7. The van der Waals surface area contributed by atoms with E-state index < -0.39 is 23.4 Å². The third-order valence-electron chi connectivity index (χ3n) is 5.55. The number of carbonyl (C=O) groups excluding carboxylic acids is 2. The summed E-state index contributed by atoms with van der Waals surface area (Å²) in [5.41, 5.74) is 4.24. The van der Waals surface area contributed by atoms with Crippen molar-refractivity contribution in [3.63, 3.8) is 0 Å². The van der Waals surface area contributed by atoms with Gasteiger partial charge >= 0.3 is 0 Å². The molecule has 0 aromatic heterocycles. The summed E-state index contributed by atoms with van der Waals surface area (Å²) >= 11 is 0. The first kappa shape index (κ1) is 22.2. The Morgan fingerprint density at radius 2 is 1.52 bits per heavy atom. The molecule has 3 aromatic rings. The molecule has 5 nitrogen and oxygen atoms in total. The van der Waals surface area contributed by atoms with Gasteiger partial charge in [-0.05, 0) is 61.4 Å². The van der Waals surface area contributed by atoms with E-state index in [1.165, 1.54) is 6.07 Å². The van der Waals surface area contributed by atoms with Gasteiger partial charge in [-0.15, -0.1) is 0 Å². The molecule has 0 saturated carbocycles. The van der Waals surface area contributed by atoms with Gasteiger partial charge in [0.1, 0.15) is 5.70 Å². The van der Waals surface area contributed by atoms with Crippen molar-refractivity contribution in [3.05, 3.63) is 94.7 Å². The Labute approximate surface area is 190 Å². The van der Waals surface area contributed by atoms with E-state index in [4.69, 9.17) is 0 Å². The van der Waals surface area contributed by atoms with Crippen molar-refractivity contribution in [1.29, 1.82) is 0 Å². The molecule has 1 aliphatic heterocycles. The fourth-order valence-electron chi connectivity index (χ4n) is 3.84. The second kappa shape index (κ2) is 8.50. The molecule has 33 heavy (non-hydrogen) atoms. The molecule has 2 amide bonds. The highest BCUT2D eigenvalue weighted by molar-refractivity contribution is 6.46. The molecule has 0 unspecified atom stereocenters. The zero-order chi connectivity index (χ0) is 23.9. The van der Waals surface area contributed by atoms with E-state index in [0.29, 0.717) is 11.3 Å². The Hall–Kier alpha value is -4.00. The number of amides is 2. The van der Waals surface area contributed by atoms with E-state index in [-0.39, 0.29) is 17.0 Å². The van der Waals surface area contributed by atoms with Crippen molar-refractivity contribution in [3.8, 4) is 0 Å². The molecule has 0 saturated heterocycles. The Morgan fingerprint density at radius 3 is 2.12 bits per heavy atom. The van der Waals surface area contributed by atoms with Crippen molar-refractivity contribution in [2.24, 2.45) is 0 Å². The minimum absolute atomic E-state index is 0.0362. The normalized spacial score (nSPS) is 13.7. The Kier molecular flexibility index (Phi) is 5.72. The number of imide groups is 1. The van der Waals surface area contributed by atoms with Crippen LogP contribution in [0.5, 0.6) is 0 Å². The monoisotopic (exact) mass is 447 g/mol. The molecule has 4 rings (SSSR count). The van der Waals surface area contributed by atoms with Crippen LogP contribution in [-0.2, 0) is 9.59 Å². The van der Waals surface area contributed by atoms with Crippen LogP contribution in [0.15, 0.2) is 66.4 Å². The highest BCUT2D eigenvalue weighted by atomic mass is 19.2. The molecule has 0 fully saturated rings. The molecule has 7 heteroatoms. The lowest BCUT2D eigenvalue weighted by Crippen LogP contribution is -2.32. The first-order valence-electron chi connectivity index (χ1n) is 10.4. The molecule has 0 radical (unpaired) electrons. The molecule has 168 valence electrons. The van der Waals surface area contributed by atoms with Crippen molar-refractivity contribution < 1.29 is 18.4 Å². The number of nitrogens with one attached hydrogen (secondary N) is 1. The lowest BCUT2D eigenvalue weighted by molar-refractivity contribution is -0.120. The first-order valence-corrected chi connectivity index (χ1v) is 10.4. The van der Waals surface area contributed by atoms with Crippen LogP contribution >= 0.6 is 0 Å². The Balaban J connectivity index is 1.82. The number of nitrogens with zero attached hydrogens (tertiary/aromatic N) is 2. The summed E-state index contributed by atoms with van der Waals surface area (Å²) in [7, 11) is 3.84. The van der Waals surface area contributed by atoms with E-state index in [9.17, 15) is 18.4 Å². The van der Waals surface area contributed by atoms with E-state index in [1.807, 2.05) is 57.1 Å². The molecular weight excluding hydrogens is 424 g/mol. The van der Waals surface area contributed by atoms with Crippen molar-refractivity contribution in [2.45, 2.75) is 13.8 Å². The lowest BCUT2D eigenvalue weighted by atomic mass is 9.97. The molecular formula is C26H23F2N3O2. The van der Waals surface area contributed by atoms with Gasteiger partial charge in [-0.25, -0.2) is 13.7 Å². The highest BCUT2D eigenvalue weighted by Gasteiger charge is 2.41. The van der Waals surface area contributed by atoms with E-state index in [1.54, 1.807) is 18.2 Å². The molecule has 0 bridgehead atoms. The smallest absolute Gasteiger partial charge is 0.282 e. The third kappa shape index (κ3) is 4.09. The van der Waals surface area contributed by atoms with Gasteiger partial charge in [-0.1, -0.05) is 23.8 Å². The average Bonchev–Trinajstić information content (AvgIpc) is 3.00. The fourth-order valence-corrected chi connectivity index (χ4v) is 3.84. The number of benzene rings is 3. The van der Waals surface area contributed by atoms with Crippen molar-refractivity contribution in [2.75, 3.05) is 29.2 Å². The van der Waals surface area contributed by atoms with Gasteiger partial charge in [0, 0.05) is 31.5 Å². The van der Waals surface area contributed by atoms with Gasteiger partial charge in [0.25, 0.3) is 11.8 Å². The standard InChI is InChI=1S/C26H23F2N3O2/c1-15-5-11-20(16(2)13-15)23-24(29-17-6-8-18(9-7-17)30(3)4)26(33)31(25(23)32)19-10-12-21(27)22(28)14-19/h5-14,29H,1-4H3. The number of carbonyl (C=O) groups is 2. The predicted molar refractivity (Wildman–Crippen MR) is 126 cm³/mol. The van der Waals surface area contributed by atoms with Crippen LogP contribution in [0.25, 0.3) is 5.57 Å². The Morgan fingerprint density at radius 1 is 0.818 bits per heavy atom. The van der Waals surface area contributed by atoms with Gasteiger partial charge in [0.2, 0.25) is 0 Å². The summed E-state index contributed by atoms with van der Waals surface area (Å²) in [6.07, 6.45) is 0. The summed E-state index contributed by atoms with van der Waals surface area (Å²) in [4.78, 5) is 29.7. The maximum atomic E-state index is 13.9. The molecule has 1 heterocycles. The van der Waals surface area contributed by atoms with Crippen LogP contribution in [-0.4, -0.2) is 25.9 Å². The van der Waals surface area contributed by atoms with E-state index in [0.717, 1.165) is 33.8 Å². The first-order chi connectivity index (χ1) is 15.7. The van der Waals surface area contributed by atoms with Gasteiger partial charge in [0.15, 0.2) is 11.6 Å². The minimum atomic E-state index is -1.14. The number of hydrogen-bond donors (Lipinski definition) is 1. The SMILES string of the molecule is Cc1ccc(C2=C(Nc3ccc(N(C)C)cc3)C(=O)N(c3ccc(F)c(F)c3)C2=O)c(C)c1. The highest BCUT2D eigenvalue weighted by Crippen LogP contribution is 2.35. The second-order valence-electron chi connectivity index (χ2n) is 8.18. The predicted octanol–water partition coefficient (Wildman–Crippen LogP) is 5.04. The molecule has 3 aromatic carbocycles. The number of rotatable bonds is 5. The van der Waals surface area contributed by atoms with Crippen LogP contribution < -0.4 is 15.1 Å². The van der Waals surface area contributed by atoms with Crippen molar-refractivity contribution >= 4 is 34.4 Å². The number of aryl methyl sites for hydroxylation is 2. The number of anilines is 3. The molecule has 0 atom stereocenters. The zero-order valence-electron chi connectivity index (χ0n) is 18.7. The number of hydrogen-bond acceptors (Lipinski definition) is 4. The molecule has 0 spiro atoms. The van der Waals surface area contributed by atoms with Crippen LogP contribution in [0.4, 0.5) is 25.8 Å². The van der Waals surface area contributed by atoms with E-state index in [2.05, 4.69) is 5.32 Å². The molecule has 1 N–H and O–H groups in total. The summed E-state index contributed by atoms with van der Waals surface area (Å²) in [6, 6.07) is 15.9.